The highest BCUT2D eigenvalue weighted by atomic mass is 16.6. The molecule has 0 spiro atoms. The van der Waals surface area contributed by atoms with Gasteiger partial charge in [-0.15, -0.1) is 5.73 Å². The van der Waals surface area contributed by atoms with Crippen LogP contribution >= 0.6 is 0 Å². The molecule has 3 N–H and O–H groups in total. The van der Waals surface area contributed by atoms with E-state index in [0.717, 1.165) is 5.57 Å². The summed E-state index contributed by atoms with van der Waals surface area (Å²) < 4.78 is 15.2. The van der Waals surface area contributed by atoms with Crippen LogP contribution in [0.1, 0.15) is 34.6 Å². The summed E-state index contributed by atoms with van der Waals surface area (Å²) in [5, 5.41) is 12.2. The lowest BCUT2D eigenvalue weighted by molar-refractivity contribution is -0.125. The molecule has 1 aromatic heterocycles. The average Bonchev–Trinajstić information content (AvgIpc) is 3.31. The van der Waals surface area contributed by atoms with E-state index in [4.69, 9.17) is 14.0 Å². The quantitative estimate of drug-likeness (QED) is 0.158. The molecule has 1 heterocycles. The first-order chi connectivity index (χ1) is 16.6. The number of ketones is 1. The largest absolute Gasteiger partial charge is 0.467 e. The summed E-state index contributed by atoms with van der Waals surface area (Å²) in [6, 6.07) is 1.50. The molecule has 0 fully saturated rings. The zero-order valence-electron chi connectivity index (χ0n) is 21.1. The molecule has 35 heavy (non-hydrogen) atoms. The van der Waals surface area contributed by atoms with E-state index in [-0.39, 0.29) is 37.3 Å². The van der Waals surface area contributed by atoms with Crippen molar-refractivity contribution in [2.45, 2.75) is 40.2 Å². The van der Waals surface area contributed by atoms with E-state index >= 15 is 0 Å². The maximum absolute atomic E-state index is 12.8. The van der Waals surface area contributed by atoms with Crippen LogP contribution in [0.3, 0.4) is 0 Å². The molecule has 192 valence electrons. The Hall–Kier alpha value is -3.62. The van der Waals surface area contributed by atoms with Gasteiger partial charge < -0.3 is 29.9 Å². The molecule has 0 aliphatic heterocycles. The number of alkyl carbamates (subject to hydrolysis) is 1. The van der Waals surface area contributed by atoms with Crippen LogP contribution in [-0.4, -0.2) is 61.3 Å². The summed E-state index contributed by atoms with van der Waals surface area (Å²) in [5.74, 6) is -0.932. The van der Waals surface area contributed by atoms with Gasteiger partial charge in [0.25, 0.3) is 11.8 Å². The first kappa shape index (κ1) is 29.4. The molecular weight excluding hydrogens is 452 g/mol. The second-order valence-corrected chi connectivity index (χ2v) is 8.57. The zero-order valence-corrected chi connectivity index (χ0v) is 21.1. The van der Waals surface area contributed by atoms with Crippen LogP contribution in [0.2, 0.25) is 0 Å². The van der Waals surface area contributed by atoms with Gasteiger partial charge in [-0.1, -0.05) is 18.7 Å². The Bertz CT molecular complexity index is 938. The number of aromatic nitrogens is 1. The number of rotatable bonds is 14. The Morgan fingerprint density at radius 2 is 1.94 bits per heavy atom. The molecule has 0 saturated carbocycles. The highest BCUT2D eigenvalue weighted by Gasteiger charge is 2.21. The van der Waals surface area contributed by atoms with Crippen molar-refractivity contribution in [2.24, 2.45) is 5.92 Å². The minimum atomic E-state index is -0.585. The number of nitrogens with one attached hydrogen (secondary N) is 3. The minimum Gasteiger partial charge on any atom is -0.467 e. The lowest BCUT2D eigenvalue weighted by atomic mass is 10.0. The van der Waals surface area contributed by atoms with E-state index in [2.05, 4.69) is 33.4 Å². The third-order valence-electron chi connectivity index (χ3n) is 4.47. The molecule has 0 radical (unpaired) electrons. The van der Waals surface area contributed by atoms with Crippen molar-refractivity contribution in [3.8, 4) is 5.88 Å². The van der Waals surface area contributed by atoms with Gasteiger partial charge >= 0.3 is 6.09 Å². The van der Waals surface area contributed by atoms with Crippen molar-refractivity contribution in [2.75, 3.05) is 32.8 Å². The van der Waals surface area contributed by atoms with Gasteiger partial charge in [0.05, 0.1) is 5.92 Å². The summed E-state index contributed by atoms with van der Waals surface area (Å²) in [4.78, 5) is 37.1. The fraction of sp³-hybridized carbons (Fsp3) is 0.480. The topological polar surface area (TPSA) is 132 Å². The lowest BCUT2D eigenvalue weighted by Crippen LogP contribution is -2.42. The number of amides is 2. The predicted octanol–water partition coefficient (Wildman–Crippen LogP) is 2.70. The molecule has 0 aliphatic rings. The molecule has 10 nitrogen and oxygen atoms in total. The van der Waals surface area contributed by atoms with Crippen LogP contribution in [0.15, 0.2) is 58.5 Å². The fourth-order valence-corrected chi connectivity index (χ4v) is 2.58. The molecule has 0 bridgehead atoms. The monoisotopic (exact) mass is 488 g/mol. The van der Waals surface area contributed by atoms with Crippen molar-refractivity contribution in [1.29, 1.82) is 0 Å². The van der Waals surface area contributed by atoms with Gasteiger partial charge in [0, 0.05) is 37.8 Å². The van der Waals surface area contributed by atoms with Crippen molar-refractivity contribution in [3.05, 3.63) is 54.0 Å². The van der Waals surface area contributed by atoms with Crippen LogP contribution in [-0.2, 0) is 14.3 Å². The predicted molar refractivity (Wildman–Crippen MR) is 132 cm³/mol. The SMILES string of the molecule is C=C=C(C)/C=C\C(=C/C)C(=O)NC[C@@H](CNCCNC(=O)OC(C)(C)C)C(=O)COc1ccon1. The number of carbonyl (C=O) groups excluding carboxylic acids is 3. The molecule has 2 amide bonds. The Morgan fingerprint density at radius 3 is 2.54 bits per heavy atom. The Labute approximate surface area is 206 Å². The van der Waals surface area contributed by atoms with Gasteiger partial charge in [-0.3, -0.25) is 9.59 Å². The average molecular weight is 489 g/mol. The maximum Gasteiger partial charge on any atom is 0.407 e. The van der Waals surface area contributed by atoms with E-state index in [1.165, 1.54) is 12.3 Å². The zero-order chi connectivity index (χ0) is 26.3. The van der Waals surface area contributed by atoms with Crippen molar-refractivity contribution in [3.63, 3.8) is 0 Å². The number of hydrogen-bond donors (Lipinski definition) is 3. The Balaban J connectivity index is 2.65. The van der Waals surface area contributed by atoms with Crippen molar-refractivity contribution >= 4 is 17.8 Å². The number of hydrogen-bond acceptors (Lipinski definition) is 8. The standard InChI is InChI=1S/C25H36N4O6/c1-7-18(3)9-10-19(8-2)23(31)28-16-20(21(30)17-33-22-11-14-34-29-22)15-26-12-13-27-24(32)35-25(4,5)6/h8-11,14,20,26H,1,12-13,15-17H2,2-6H3,(H,27,32)(H,28,31)/b10-9-,19-8+/t20-/m1/s1. The fourth-order valence-electron chi connectivity index (χ4n) is 2.58. The number of carbonyl (C=O) groups is 3. The van der Waals surface area contributed by atoms with Gasteiger partial charge in [-0.25, -0.2) is 4.79 Å². The minimum absolute atomic E-state index is 0.0911. The molecule has 1 atom stereocenters. The van der Waals surface area contributed by atoms with Gasteiger partial charge in [0.15, 0.2) is 5.78 Å². The molecule has 0 aromatic carbocycles. The summed E-state index contributed by atoms with van der Waals surface area (Å²) in [6.45, 7) is 13.3. The second kappa shape index (κ2) is 15.3. The first-order valence-electron chi connectivity index (χ1n) is 11.3. The van der Waals surface area contributed by atoms with Crippen LogP contribution < -0.4 is 20.7 Å². The van der Waals surface area contributed by atoms with Gasteiger partial charge in [-0.2, -0.15) is 0 Å². The third-order valence-corrected chi connectivity index (χ3v) is 4.47. The summed E-state index contributed by atoms with van der Waals surface area (Å²) in [6.07, 6.45) is 5.89. The molecule has 0 saturated heterocycles. The Morgan fingerprint density at radius 1 is 1.20 bits per heavy atom. The Kier molecular flexibility index (Phi) is 12.9. The summed E-state index contributed by atoms with van der Waals surface area (Å²) in [5.41, 5.74) is 3.38. The molecule has 0 aliphatic carbocycles. The van der Waals surface area contributed by atoms with E-state index in [1.807, 2.05) is 6.92 Å². The maximum atomic E-state index is 12.8. The highest BCUT2D eigenvalue weighted by Crippen LogP contribution is 2.08. The normalized spacial score (nSPS) is 12.5. The second-order valence-electron chi connectivity index (χ2n) is 8.57. The molecule has 1 aromatic rings. The van der Waals surface area contributed by atoms with Crippen LogP contribution in [0.25, 0.3) is 0 Å². The number of Topliss-reactive ketones (excluding diaryl/α,β-unsaturated/α-hetero) is 1. The van der Waals surface area contributed by atoms with Crippen LogP contribution in [0.4, 0.5) is 4.79 Å². The van der Waals surface area contributed by atoms with E-state index in [0.29, 0.717) is 18.7 Å². The van der Waals surface area contributed by atoms with E-state index < -0.39 is 17.6 Å². The van der Waals surface area contributed by atoms with Crippen molar-refractivity contribution in [1.82, 2.24) is 21.1 Å². The van der Waals surface area contributed by atoms with Gasteiger partial charge in [0.1, 0.15) is 18.5 Å². The number of allylic oxidation sites excluding steroid dienone is 3. The molecular formula is C25H36N4O6. The van der Waals surface area contributed by atoms with Crippen LogP contribution in [0.5, 0.6) is 5.88 Å². The van der Waals surface area contributed by atoms with E-state index in [1.54, 1.807) is 45.9 Å². The van der Waals surface area contributed by atoms with E-state index in [9.17, 15) is 14.4 Å². The number of nitrogens with zero attached hydrogens (tertiary/aromatic N) is 1. The van der Waals surface area contributed by atoms with Crippen molar-refractivity contribution < 1.29 is 28.4 Å². The van der Waals surface area contributed by atoms with Gasteiger partial charge in [-0.05, 0) is 51.4 Å². The third kappa shape index (κ3) is 13.0. The molecule has 10 heteroatoms. The number of ether oxygens (including phenoxy) is 2. The summed E-state index contributed by atoms with van der Waals surface area (Å²) >= 11 is 0. The smallest absolute Gasteiger partial charge is 0.407 e. The summed E-state index contributed by atoms with van der Waals surface area (Å²) in [7, 11) is 0. The lowest BCUT2D eigenvalue weighted by Gasteiger charge is -2.20. The van der Waals surface area contributed by atoms with Crippen LogP contribution in [0, 0.1) is 5.92 Å². The molecule has 0 unspecified atom stereocenters. The first-order valence-corrected chi connectivity index (χ1v) is 11.3. The molecule has 1 rings (SSSR count). The highest BCUT2D eigenvalue weighted by molar-refractivity contribution is 5.96. The van der Waals surface area contributed by atoms with Gasteiger partial charge in [0.2, 0.25) is 0 Å².